The quantitative estimate of drug-likeness (QED) is 0.837. The van der Waals surface area contributed by atoms with E-state index in [1.807, 2.05) is 6.07 Å². The van der Waals surface area contributed by atoms with Gasteiger partial charge in [-0.15, -0.1) is 0 Å². The lowest BCUT2D eigenvalue weighted by molar-refractivity contribution is 0.0901. The van der Waals surface area contributed by atoms with Crippen LogP contribution in [0.2, 0.25) is 5.02 Å². The Hall–Kier alpha value is -2.04. The summed E-state index contributed by atoms with van der Waals surface area (Å²) in [7, 11) is 0. The minimum atomic E-state index is -0.133. The summed E-state index contributed by atoms with van der Waals surface area (Å²) in [6.07, 6.45) is 2.07. The summed E-state index contributed by atoms with van der Waals surface area (Å²) in [4.78, 5) is 14.8. The molecule has 0 aromatic heterocycles. The number of halogens is 1. The minimum Gasteiger partial charge on any atom is -0.399 e. The van der Waals surface area contributed by atoms with Crippen molar-refractivity contribution in [3.8, 4) is 0 Å². The Morgan fingerprint density at radius 1 is 1.25 bits per heavy atom. The predicted octanol–water partition coefficient (Wildman–Crippen LogP) is 3.32. The van der Waals surface area contributed by atoms with Crippen LogP contribution in [0, 0.1) is 0 Å². The number of hydrogen-bond donors (Lipinski definition) is 2. The number of piperidine rings is 1. The van der Waals surface area contributed by atoms with Gasteiger partial charge in [-0.25, -0.2) is 0 Å². The third kappa shape index (κ3) is 4.28. The van der Waals surface area contributed by atoms with Gasteiger partial charge in [0.15, 0.2) is 0 Å². The van der Waals surface area contributed by atoms with E-state index in [1.54, 1.807) is 18.2 Å². The summed E-state index contributed by atoms with van der Waals surface area (Å²) < 4.78 is 0. The van der Waals surface area contributed by atoms with Gasteiger partial charge in [0.25, 0.3) is 5.91 Å². The average molecular weight is 344 g/mol. The fraction of sp³-hybridized carbons (Fsp3) is 0.316. The predicted molar refractivity (Wildman–Crippen MR) is 98.1 cm³/mol. The van der Waals surface area contributed by atoms with Crippen molar-refractivity contribution in [3.05, 3.63) is 64.7 Å². The summed E-state index contributed by atoms with van der Waals surface area (Å²) in [5.41, 5.74) is 8.01. The van der Waals surface area contributed by atoms with Gasteiger partial charge >= 0.3 is 0 Å². The third-order valence-corrected chi connectivity index (χ3v) is 4.64. The Kier molecular flexibility index (Phi) is 5.38. The first-order valence-electron chi connectivity index (χ1n) is 8.24. The zero-order chi connectivity index (χ0) is 16.9. The molecule has 3 rings (SSSR count). The van der Waals surface area contributed by atoms with Gasteiger partial charge in [0.1, 0.15) is 0 Å². The fourth-order valence-corrected chi connectivity index (χ4v) is 3.41. The Balaban J connectivity index is 1.59. The molecule has 0 bridgehead atoms. The molecule has 5 heteroatoms. The van der Waals surface area contributed by atoms with Crippen molar-refractivity contribution in [1.29, 1.82) is 0 Å². The molecule has 0 spiro atoms. The van der Waals surface area contributed by atoms with Crippen LogP contribution in [-0.2, 0) is 6.54 Å². The molecule has 2 aromatic carbocycles. The molecule has 0 radical (unpaired) electrons. The van der Waals surface area contributed by atoms with Crippen LogP contribution in [0.25, 0.3) is 0 Å². The highest BCUT2D eigenvalue weighted by Crippen LogP contribution is 2.20. The van der Waals surface area contributed by atoms with Gasteiger partial charge in [0.05, 0.1) is 10.6 Å². The number of carbonyl (C=O) groups is 1. The van der Waals surface area contributed by atoms with Gasteiger partial charge < -0.3 is 11.1 Å². The number of nitrogens with one attached hydrogen (secondary N) is 1. The van der Waals surface area contributed by atoms with Crippen LogP contribution in [0.4, 0.5) is 5.69 Å². The molecule has 0 aliphatic carbocycles. The Bertz CT molecular complexity index is 705. The Labute approximate surface area is 147 Å². The number of amides is 1. The lowest BCUT2D eigenvalue weighted by Gasteiger charge is -2.33. The summed E-state index contributed by atoms with van der Waals surface area (Å²) >= 11 is 6.13. The lowest BCUT2D eigenvalue weighted by atomic mass is 10.0. The molecular formula is C19H22ClN3O. The number of benzene rings is 2. The average Bonchev–Trinajstić information content (AvgIpc) is 2.56. The van der Waals surface area contributed by atoms with E-state index >= 15 is 0 Å². The maximum Gasteiger partial charge on any atom is 0.253 e. The Morgan fingerprint density at radius 3 is 2.79 bits per heavy atom. The van der Waals surface area contributed by atoms with Crippen LogP contribution in [0.1, 0.15) is 28.8 Å². The summed E-state index contributed by atoms with van der Waals surface area (Å²) in [6.45, 7) is 2.83. The highest BCUT2D eigenvalue weighted by atomic mass is 35.5. The van der Waals surface area contributed by atoms with E-state index in [1.165, 1.54) is 5.56 Å². The number of likely N-dealkylation sites (tertiary alicyclic amines) is 1. The molecule has 1 heterocycles. The molecule has 2 aromatic rings. The third-order valence-electron chi connectivity index (χ3n) is 4.33. The molecule has 1 saturated heterocycles. The van der Waals surface area contributed by atoms with Crippen LogP contribution in [0.3, 0.4) is 0 Å². The molecule has 1 aliphatic heterocycles. The van der Waals surface area contributed by atoms with E-state index in [9.17, 15) is 4.79 Å². The van der Waals surface area contributed by atoms with Crippen molar-refractivity contribution in [3.63, 3.8) is 0 Å². The topological polar surface area (TPSA) is 58.4 Å². The fourth-order valence-electron chi connectivity index (χ4n) is 3.14. The van der Waals surface area contributed by atoms with Gasteiger partial charge in [-0.1, -0.05) is 41.9 Å². The van der Waals surface area contributed by atoms with Crippen LogP contribution >= 0.6 is 11.6 Å². The lowest BCUT2D eigenvalue weighted by Crippen LogP contribution is -2.47. The van der Waals surface area contributed by atoms with E-state index in [0.717, 1.165) is 32.5 Å². The van der Waals surface area contributed by atoms with E-state index in [4.69, 9.17) is 17.3 Å². The first-order chi connectivity index (χ1) is 11.6. The molecule has 126 valence electrons. The number of hydrogen-bond acceptors (Lipinski definition) is 3. The summed E-state index contributed by atoms with van der Waals surface area (Å²) in [5, 5.41) is 3.50. The first kappa shape index (κ1) is 16.8. The summed E-state index contributed by atoms with van der Waals surface area (Å²) in [5.74, 6) is -0.133. The van der Waals surface area contributed by atoms with E-state index in [0.29, 0.717) is 16.3 Å². The zero-order valence-corrected chi connectivity index (χ0v) is 14.3. The molecule has 1 unspecified atom stereocenters. The second kappa shape index (κ2) is 7.69. The molecule has 1 amide bonds. The van der Waals surface area contributed by atoms with Crippen molar-refractivity contribution in [1.82, 2.24) is 10.2 Å². The van der Waals surface area contributed by atoms with Crippen molar-refractivity contribution in [2.24, 2.45) is 0 Å². The number of anilines is 1. The molecule has 1 aliphatic rings. The molecule has 1 fully saturated rings. The minimum absolute atomic E-state index is 0.133. The van der Waals surface area contributed by atoms with Crippen molar-refractivity contribution in [2.45, 2.75) is 25.4 Å². The largest absolute Gasteiger partial charge is 0.399 e. The number of nitrogens with two attached hydrogens (primary N) is 1. The maximum atomic E-state index is 12.5. The monoisotopic (exact) mass is 343 g/mol. The van der Waals surface area contributed by atoms with Gasteiger partial charge in [-0.05, 0) is 43.1 Å². The second-order valence-corrected chi connectivity index (χ2v) is 6.68. The first-order valence-corrected chi connectivity index (χ1v) is 8.62. The molecule has 4 nitrogen and oxygen atoms in total. The Morgan fingerprint density at radius 2 is 2.04 bits per heavy atom. The molecule has 0 saturated carbocycles. The SMILES string of the molecule is Nc1ccc(C(=O)NC2CCCN(Cc3ccccc3)C2)c(Cl)c1. The normalized spacial score (nSPS) is 18.3. The van der Waals surface area contributed by atoms with Gasteiger partial charge in [-0.2, -0.15) is 0 Å². The van der Waals surface area contributed by atoms with Crippen molar-refractivity contribution in [2.75, 3.05) is 18.8 Å². The molecular weight excluding hydrogens is 322 g/mol. The number of nitrogens with zero attached hydrogens (tertiary/aromatic N) is 1. The van der Waals surface area contributed by atoms with Crippen molar-refractivity contribution < 1.29 is 4.79 Å². The van der Waals surface area contributed by atoms with Crippen LogP contribution < -0.4 is 11.1 Å². The standard InChI is InChI=1S/C19H22ClN3O/c20-18-11-15(21)8-9-17(18)19(24)22-16-7-4-10-23(13-16)12-14-5-2-1-3-6-14/h1-3,5-6,8-9,11,16H,4,7,10,12-13,21H2,(H,22,24). The van der Waals surface area contributed by atoms with E-state index in [2.05, 4.69) is 34.5 Å². The number of carbonyl (C=O) groups excluding carboxylic acids is 1. The smallest absolute Gasteiger partial charge is 0.253 e. The van der Waals surface area contributed by atoms with E-state index in [-0.39, 0.29) is 11.9 Å². The van der Waals surface area contributed by atoms with Crippen molar-refractivity contribution >= 4 is 23.2 Å². The maximum absolute atomic E-state index is 12.5. The van der Waals surface area contributed by atoms with Gasteiger partial charge in [-0.3, -0.25) is 9.69 Å². The summed E-state index contributed by atoms with van der Waals surface area (Å²) in [6, 6.07) is 15.5. The van der Waals surface area contributed by atoms with Gasteiger partial charge in [0.2, 0.25) is 0 Å². The molecule has 1 atom stereocenters. The molecule has 3 N–H and O–H groups in total. The van der Waals surface area contributed by atoms with Gasteiger partial charge in [0, 0.05) is 24.8 Å². The van der Waals surface area contributed by atoms with Crippen LogP contribution in [-0.4, -0.2) is 29.9 Å². The highest BCUT2D eigenvalue weighted by molar-refractivity contribution is 6.34. The van der Waals surface area contributed by atoms with E-state index < -0.39 is 0 Å². The number of rotatable bonds is 4. The van der Waals surface area contributed by atoms with Crippen LogP contribution in [0.5, 0.6) is 0 Å². The van der Waals surface area contributed by atoms with Crippen LogP contribution in [0.15, 0.2) is 48.5 Å². The molecule has 24 heavy (non-hydrogen) atoms. The highest BCUT2D eigenvalue weighted by Gasteiger charge is 2.22. The second-order valence-electron chi connectivity index (χ2n) is 6.27. The number of nitrogen functional groups attached to an aromatic ring is 1. The zero-order valence-electron chi connectivity index (χ0n) is 13.5.